The van der Waals surface area contributed by atoms with Crippen molar-refractivity contribution in [1.82, 2.24) is 9.97 Å². The molecule has 0 spiro atoms. The number of anilines is 4. The first-order valence-electron chi connectivity index (χ1n) is 8.88. The molecule has 140 valence electrons. The van der Waals surface area contributed by atoms with Crippen LogP contribution in [0.25, 0.3) is 0 Å². The molecule has 6 heteroatoms. The fourth-order valence-electron chi connectivity index (χ4n) is 2.62. The van der Waals surface area contributed by atoms with Crippen molar-refractivity contribution in [2.24, 2.45) is 0 Å². The average molecular weight is 363 g/mol. The lowest BCUT2D eigenvalue weighted by molar-refractivity contribution is 0.414. The molecular weight excluding hydrogens is 338 g/mol. The molecule has 0 saturated heterocycles. The maximum Gasteiger partial charge on any atom is 0.224 e. The highest BCUT2D eigenvalue weighted by atomic mass is 16.5. The molecule has 0 fully saturated rings. The third-order valence-corrected chi connectivity index (χ3v) is 4.17. The molecule has 0 amide bonds. The maximum atomic E-state index is 5.18. The molecule has 3 rings (SSSR count). The Labute approximate surface area is 160 Å². The van der Waals surface area contributed by atoms with E-state index in [1.807, 2.05) is 44.4 Å². The predicted molar refractivity (Wildman–Crippen MR) is 111 cm³/mol. The van der Waals surface area contributed by atoms with Gasteiger partial charge >= 0.3 is 0 Å². The zero-order chi connectivity index (χ0) is 19.1. The van der Waals surface area contributed by atoms with E-state index in [9.17, 15) is 0 Å². The summed E-state index contributed by atoms with van der Waals surface area (Å²) in [5.74, 6) is 2.24. The summed E-state index contributed by atoms with van der Waals surface area (Å²) in [5, 5.41) is 6.58. The molecule has 0 radical (unpaired) electrons. The van der Waals surface area contributed by atoms with Gasteiger partial charge in [-0.3, -0.25) is 0 Å². The topological polar surface area (TPSA) is 62.3 Å². The Balaban J connectivity index is 1.55. The number of nitrogens with one attached hydrogen (secondary N) is 2. The summed E-state index contributed by atoms with van der Waals surface area (Å²) in [5.41, 5.74) is 3.38. The highest BCUT2D eigenvalue weighted by Crippen LogP contribution is 2.19. The SMILES string of the molecule is COc1ccc(CCNc2nccc(Nc3ccc(N(C)C)cc3)n2)cc1. The number of hydrogen-bond acceptors (Lipinski definition) is 6. The van der Waals surface area contributed by atoms with Crippen molar-refractivity contribution in [3.05, 3.63) is 66.4 Å². The molecule has 3 aromatic rings. The van der Waals surface area contributed by atoms with Gasteiger partial charge in [-0.05, 0) is 54.4 Å². The molecule has 0 aliphatic rings. The first-order chi connectivity index (χ1) is 13.1. The summed E-state index contributed by atoms with van der Waals surface area (Å²) in [6.45, 7) is 0.757. The zero-order valence-electron chi connectivity index (χ0n) is 15.9. The van der Waals surface area contributed by atoms with Gasteiger partial charge in [0.2, 0.25) is 5.95 Å². The van der Waals surface area contributed by atoms with Gasteiger partial charge in [0.25, 0.3) is 0 Å². The molecule has 2 N–H and O–H groups in total. The van der Waals surface area contributed by atoms with Crippen LogP contribution in [0.4, 0.5) is 23.1 Å². The van der Waals surface area contributed by atoms with Crippen LogP contribution < -0.4 is 20.3 Å². The molecule has 2 aromatic carbocycles. The third kappa shape index (κ3) is 5.34. The Morgan fingerprint density at radius 2 is 1.70 bits per heavy atom. The summed E-state index contributed by atoms with van der Waals surface area (Å²) in [7, 11) is 5.72. The van der Waals surface area contributed by atoms with Crippen LogP contribution in [0.1, 0.15) is 5.56 Å². The van der Waals surface area contributed by atoms with Gasteiger partial charge in [-0.15, -0.1) is 0 Å². The Bertz CT molecular complexity index is 847. The molecule has 6 nitrogen and oxygen atoms in total. The van der Waals surface area contributed by atoms with Crippen LogP contribution in [-0.2, 0) is 6.42 Å². The van der Waals surface area contributed by atoms with Crippen LogP contribution in [0, 0.1) is 0 Å². The predicted octanol–water partition coefficient (Wildman–Crippen LogP) is 3.95. The molecule has 0 aliphatic heterocycles. The van der Waals surface area contributed by atoms with Gasteiger partial charge in [0.15, 0.2) is 0 Å². The standard InChI is InChI=1S/C21H25N5O/c1-26(2)18-8-6-17(7-9-18)24-20-13-15-23-21(25-20)22-14-12-16-4-10-19(27-3)11-5-16/h4-11,13,15H,12,14H2,1-3H3,(H2,22,23,24,25). The number of hydrogen-bond donors (Lipinski definition) is 2. The normalized spacial score (nSPS) is 10.3. The number of rotatable bonds is 8. The van der Waals surface area contributed by atoms with Gasteiger partial charge in [-0.25, -0.2) is 4.98 Å². The molecule has 0 unspecified atom stereocenters. The molecular formula is C21H25N5O. The van der Waals surface area contributed by atoms with Crippen molar-refractivity contribution < 1.29 is 4.74 Å². The summed E-state index contributed by atoms with van der Waals surface area (Å²) in [6.07, 6.45) is 2.64. The average Bonchev–Trinajstić information content (AvgIpc) is 2.69. The largest absolute Gasteiger partial charge is 0.497 e. The van der Waals surface area contributed by atoms with Crippen LogP contribution in [0.2, 0.25) is 0 Å². The Morgan fingerprint density at radius 1 is 0.963 bits per heavy atom. The maximum absolute atomic E-state index is 5.18. The molecule has 0 bridgehead atoms. The second-order valence-corrected chi connectivity index (χ2v) is 6.36. The van der Waals surface area contributed by atoms with E-state index >= 15 is 0 Å². The number of ether oxygens (including phenoxy) is 1. The second kappa shape index (κ2) is 8.89. The minimum atomic E-state index is 0.610. The Morgan fingerprint density at radius 3 is 2.37 bits per heavy atom. The second-order valence-electron chi connectivity index (χ2n) is 6.36. The number of methoxy groups -OCH3 is 1. The number of nitrogens with zero attached hydrogens (tertiary/aromatic N) is 3. The molecule has 27 heavy (non-hydrogen) atoms. The smallest absolute Gasteiger partial charge is 0.224 e. The van der Waals surface area contributed by atoms with E-state index < -0.39 is 0 Å². The van der Waals surface area contributed by atoms with Crippen molar-refractivity contribution in [3.63, 3.8) is 0 Å². The summed E-state index contributed by atoms with van der Waals surface area (Å²) >= 11 is 0. The Kier molecular flexibility index (Phi) is 6.10. The van der Waals surface area contributed by atoms with Crippen LogP contribution >= 0.6 is 0 Å². The van der Waals surface area contributed by atoms with Crippen molar-refractivity contribution in [1.29, 1.82) is 0 Å². The molecule has 0 aliphatic carbocycles. The number of benzene rings is 2. The summed E-state index contributed by atoms with van der Waals surface area (Å²) in [4.78, 5) is 10.9. The van der Waals surface area contributed by atoms with Gasteiger partial charge in [-0.2, -0.15) is 4.98 Å². The molecule has 0 saturated carbocycles. The van der Waals surface area contributed by atoms with Gasteiger partial charge in [0, 0.05) is 38.2 Å². The Hall–Kier alpha value is -3.28. The summed E-state index contributed by atoms with van der Waals surface area (Å²) < 4.78 is 5.18. The van der Waals surface area contributed by atoms with E-state index in [1.54, 1.807) is 13.3 Å². The van der Waals surface area contributed by atoms with Crippen LogP contribution in [-0.4, -0.2) is 37.7 Å². The first kappa shape index (κ1) is 18.5. The van der Waals surface area contributed by atoms with E-state index in [4.69, 9.17) is 4.74 Å². The highest BCUT2D eigenvalue weighted by Gasteiger charge is 2.02. The van der Waals surface area contributed by atoms with Crippen LogP contribution in [0.3, 0.4) is 0 Å². The van der Waals surface area contributed by atoms with Crippen molar-refractivity contribution in [2.45, 2.75) is 6.42 Å². The highest BCUT2D eigenvalue weighted by molar-refractivity contribution is 5.60. The van der Waals surface area contributed by atoms with E-state index in [2.05, 4.69) is 49.8 Å². The minimum absolute atomic E-state index is 0.610. The van der Waals surface area contributed by atoms with Gasteiger partial charge in [0.1, 0.15) is 11.6 Å². The lowest BCUT2D eigenvalue weighted by Crippen LogP contribution is -2.09. The first-order valence-corrected chi connectivity index (χ1v) is 8.88. The fraction of sp³-hybridized carbons (Fsp3) is 0.238. The van der Waals surface area contributed by atoms with Gasteiger partial charge in [-0.1, -0.05) is 12.1 Å². The van der Waals surface area contributed by atoms with Crippen molar-refractivity contribution in [2.75, 3.05) is 43.3 Å². The minimum Gasteiger partial charge on any atom is -0.497 e. The van der Waals surface area contributed by atoms with E-state index in [1.165, 1.54) is 5.56 Å². The molecule has 1 aromatic heterocycles. The van der Waals surface area contributed by atoms with E-state index in [0.29, 0.717) is 5.95 Å². The number of aromatic nitrogens is 2. The van der Waals surface area contributed by atoms with Crippen molar-refractivity contribution >= 4 is 23.1 Å². The molecule has 0 atom stereocenters. The van der Waals surface area contributed by atoms with Crippen LogP contribution in [0.15, 0.2) is 60.8 Å². The quantitative estimate of drug-likeness (QED) is 0.632. The van der Waals surface area contributed by atoms with E-state index in [-0.39, 0.29) is 0 Å². The zero-order valence-corrected chi connectivity index (χ0v) is 15.9. The van der Waals surface area contributed by atoms with Crippen LogP contribution in [0.5, 0.6) is 5.75 Å². The third-order valence-electron chi connectivity index (χ3n) is 4.17. The fourth-order valence-corrected chi connectivity index (χ4v) is 2.62. The van der Waals surface area contributed by atoms with Crippen molar-refractivity contribution in [3.8, 4) is 5.75 Å². The summed E-state index contributed by atoms with van der Waals surface area (Å²) in [6, 6.07) is 18.1. The molecule has 1 heterocycles. The lowest BCUT2D eigenvalue weighted by atomic mass is 10.1. The van der Waals surface area contributed by atoms with E-state index in [0.717, 1.165) is 35.9 Å². The van der Waals surface area contributed by atoms with Gasteiger partial charge < -0.3 is 20.3 Å². The lowest BCUT2D eigenvalue weighted by Gasteiger charge is -2.13. The van der Waals surface area contributed by atoms with Gasteiger partial charge in [0.05, 0.1) is 7.11 Å². The monoisotopic (exact) mass is 363 g/mol.